The Hall–Kier alpha value is -0.0800. The normalized spacial score (nSPS) is 25.6. The molecule has 0 saturated carbocycles. The predicted molar refractivity (Wildman–Crippen MR) is 60.1 cm³/mol. The fourth-order valence-electron chi connectivity index (χ4n) is 1.55. The summed E-state index contributed by atoms with van der Waals surface area (Å²) < 4.78 is 0. The van der Waals surface area contributed by atoms with Crippen LogP contribution in [0, 0.1) is 0 Å². The maximum absolute atomic E-state index is 2.55. The van der Waals surface area contributed by atoms with E-state index in [0.29, 0.717) is 6.04 Å². The fraction of sp³-hybridized carbons (Fsp3) is 1.00. The predicted octanol–water partition coefficient (Wildman–Crippen LogP) is 2.06. The highest BCUT2D eigenvalue weighted by Gasteiger charge is 2.21. The van der Waals surface area contributed by atoms with E-state index < -0.39 is 0 Å². The minimum atomic E-state index is 0.714. The fourth-order valence-corrected chi connectivity index (χ4v) is 1.55. The van der Waals surface area contributed by atoms with Crippen molar-refractivity contribution in [2.45, 2.75) is 46.7 Å². The van der Waals surface area contributed by atoms with Crippen molar-refractivity contribution < 1.29 is 0 Å². The molecule has 0 unspecified atom stereocenters. The third-order valence-corrected chi connectivity index (χ3v) is 2.72. The molecule has 0 amide bonds. The van der Waals surface area contributed by atoms with Crippen LogP contribution < -0.4 is 0 Å². The van der Waals surface area contributed by atoms with Crippen LogP contribution in [0.15, 0.2) is 0 Å². The molecule has 1 aliphatic rings. The summed E-state index contributed by atoms with van der Waals surface area (Å²) in [6.45, 7) is 14.5. The molecule has 13 heavy (non-hydrogen) atoms. The van der Waals surface area contributed by atoms with Gasteiger partial charge in [-0.1, -0.05) is 13.8 Å². The van der Waals surface area contributed by atoms with Gasteiger partial charge in [0.15, 0.2) is 0 Å². The summed E-state index contributed by atoms with van der Waals surface area (Å²) in [7, 11) is 2.21. The van der Waals surface area contributed by atoms with Gasteiger partial charge in [0.25, 0.3) is 0 Å². The van der Waals surface area contributed by atoms with Gasteiger partial charge < -0.3 is 4.90 Å². The molecule has 2 nitrogen and oxygen atoms in total. The van der Waals surface area contributed by atoms with Gasteiger partial charge >= 0.3 is 0 Å². The van der Waals surface area contributed by atoms with Crippen molar-refractivity contribution in [1.82, 2.24) is 9.80 Å². The van der Waals surface area contributed by atoms with Gasteiger partial charge in [-0.2, -0.15) is 0 Å². The lowest BCUT2D eigenvalue weighted by atomic mass is 10.2. The van der Waals surface area contributed by atoms with E-state index in [1.165, 1.54) is 19.6 Å². The lowest BCUT2D eigenvalue weighted by Crippen LogP contribution is -2.52. The van der Waals surface area contributed by atoms with E-state index in [4.69, 9.17) is 0 Å². The van der Waals surface area contributed by atoms with Crippen LogP contribution in [0.2, 0.25) is 0 Å². The molecule has 1 aliphatic heterocycles. The zero-order valence-corrected chi connectivity index (χ0v) is 10.2. The van der Waals surface area contributed by atoms with Gasteiger partial charge in [-0.15, -0.1) is 0 Å². The van der Waals surface area contributed by atoms with Gasteiger partial charge in [-0.3, -0.25) is 4.90 Å². The van der Waals surface area contributed by atoms with E-state index in [1.54, 1.807) is 0 Å². The lowest BCUT2D eigenvalue weighted by Gasteiger charge is -2.39. The molecule has 1 saturated heterocycles. The SMILES string of the molecule is CC.CC(C)N1CCN(C)[C@@H](C)C1. The first kappa shape index (κ1) is 12.9. The summed E-state index contributed by atoms with van der Waals surface area (Å²) in [6.07, 6.45) is 0. The Morgan fingerprint density at radius 2 is 1.69 bits per heavy atom. The van der Waals surface area contributed by atoms with Crippen LogP contribution in [-0.2, 0) is 0 Å². The molecule has 1 heterocycles. The van der Waals surface area contributed by atoms with Crippen molar-refractivity contribution in [1.29, 1.82) is 0 Å². The second-order valence-electron chi connectivity index (χ2n) is 3.92. The van der Waals surface area contributed by atoms with Gasteiger partial charge in [-0.05, 0) is 27.8 Å². The maximum atomic E-state index is 2.55. The van der Waals surface area contributed by atoms with Crippen LogP contribution in [0.1, 0.15) is 34.6 Å². The lowest BCUT2D eigenvalue weighted by molar-refractivity contribution is 0.0832. The second kappa shape index (κ2) is 6.39. The molecule has 1 atom stereocenters. The summed E-state index contributed by atoms with van der Waals surface area (Å²) in [5, 5.41) is 0. The molecule has 2 heteroatoms. The Morgan fingerprint density at radius 3 is 2.08 bits per heavy atom. The highest BCUT2D eigenvalue weighted by molar-refractivity contribution is 4.78. The molecule has 0 bridgehead atoms. The van der Waals surface area contributed by atoms with Crippen molar-refractivity contribution in [3.8, 4) is 0 Å². The summed E-state index contributed by atoms with van der Waals surface area (Å²) in [6, 6.07) is 1.44. The standard InChI is InChI=1S/C9H20N2.C2H6/c1-8(2)11-6-5-10(4)9(3)7-11;1-2/h8-9H,5-7H2,1-4H3;1-2H3/t9-;/m0./s1. The minimum Gasteiger partial charge on any atom is -0.301 e. The van der Waals surface area contributed by atoms with E-state index in [0.717, 1.165) is 6.04 Å². The maximum Gasteiger partial charge on any atom is 0.0192 e. The molecule has 0 N–H and O–H groups in total. The van der Waals surface area contributed by atoms with Crippen molar-refractivity contribution >= 4 is 0 Å². The first-order chi connectivity index (χ1) is 6.11. The molecule has 1 rings (SSSR count). The van der Waals surface area contributed by atoms with Crippen LogP contribution in [0.3, 0.4) is 0 Å². The van der Waals surface area contributed by atoms with Crippen LogP contribution in [0.4, 0.5) is 0 Å². The molecule has 0 radical (unpaired) electrons. The average molecular weight is 186 g/mol. The number of rotatable bonds is 1. The van der Waals surface area contributed by atoms with Crippen LogP contribution in [0.25, 0.3) is 0 Å². The largest absolute Gasteiger partial charge is 0.301 e. The zero-order valence-electron chi connectivity index (χ0n) is 10.2. The summed E-state index contributed by atoms with van der Waals surface area (Å²) >= 11 is 0. The van der Waals surface area contributed by atoms with Gasteiger partial charge in [0.05, 0.1) is 0 Å². The first-order valence-corrected chi connectivity index (χ1v) is 5.55. The molecule has 0 spiro atoms. The number of nitrogens with zero attached hydrogens (tertiary/aromatic N) is 2. The molecule has 0 aromatic rings. The number of likely N-dealkylation sites (N-methyl/N-ethyl adjacent to an activating group) is 1. The molecule has 0 aliphatic carbocycles. The zero-order chi connectivity index (χ0) is 10.4. The van der Waals surface area contributed by atoms with Crippen LogP contribution in [0.5, 0.6) is 0 Å². The topological polar surface area (TPSA) is 6.48 Å². The van der Waals surface area contributed by atoms with E-state index in [-0.39, 0.29) is 0 Å². The highest BCUT2D eigenvalue weighted by Crippen LogP contribution is 2.09. The Morgan fingerprint density at radius 1 is 1.15 bits per heavy atom. The quantitative estimate of drug-likeness (QED) is 0.618. The van der Waals surface area contributed by atoms with Crippen LogP contribution >= 0.6 is 0 Å². The summed E-state index contributed by atoms with van der Waals surface area (Å²) in [4.78, 5) is 4.98. The van der Waals surface area contributed by atoms with Gasteiger partial charge in [0.2, 0.25) is 0 Å². The molecule has 80 valence electrons. The van der Waals surface area contributed by atoms with Gasteiger partial charge in [0.1, 0.15) is 0 Å². The first-order valence-electron chi connectivity index (χ1n) is 5.55. The molecule has 1 fully saturated rings. The van der Waals surface area contributed by atoms with Crippen molar-refractivity contribution in [2.24, 2.45) is 0 Å². The Labute approximate surface area is 83.9 Å². The number of hydrogen-bond donors (Lipinski definition) is 0. The Balaban J connectivity index is 0.000000671. The Kier molecular flexibility index (Phi) is 6.35. The van der Waals surface area contributed by atoms with Gasteiger partial charge in [-0.25, -0.2) is 0 Å². The van der Waals surface area contributed by atoms with Crippen LogP contribution in [-0.4, -0.2) is 48.6 Å². The number of hydrogen-bond acceptors (Lipinski definition) is 2. The average Bonchev–Trinajstić information content (AvgIpc) is 2.13. The van der Waals surface area contributed by atoms with E-state index in [2.05, 4.69) is 37.6 Å². The number of piperazine rings is 1. The van der Waals surface area contributed by atoms with Gasteiger partial charge in [0, 0.05) is 31.7 Å². The molecule has 0 aromatic heterocycles. The van der Waals surface area contributed by atoms with E-state index in [1.807, 2.05) is 13.8 Å². The van der Waals surface area contributed by atoms with Crippen molar-refractivity contribution in [3.05, 3.63) is 0 Å². The van der Waals surface area contributed by atoms with E-state index in [9.17, 15) is 0 Å². The summed E-state index contributed by atoms with van der Waals surface area (Å²) in [5.41, 5.74) is 0. The Bertz CT molecular complexity index is 123. The van der Waals surface area contributed by atoms with Crippen molar-refractivity contribution in [3.63, 3.8) is 0 Å². The highest BCUT2D eigenvalue weighted by atomic mass is 15.3. The third-order valence-electron chi connectivity index (χ3n) is 2.72. The smallest absolute Gasteiger partial charge is 0.0192 e. The van der Waals surface area contributed by atoms with E-state index >= 15 is 0 Å². The van der Waals surface area contributed by atoms with Crippen molar-refractivity contribution in [2.75, 3.05) is 26.7 Å². The monoisotopic (exact) mass is 186 g/mol. The second-order valence-corrected chi connectivity index (χ2v) is 3.92. The summed E-state index contributed by atoms with van der Waals surface area (Å²) in [5.74, 6) is 0. The third kappa shape index (κ3) is 4.10. The minimum absolute atomic E-state index is 0.714. The molecular weight excluding hydrogens is 160 g/mol. The molecule has 0 aromatic carbocycles. The molecular formula is C11H26N2.